The summed E-state index contributed by atoms with van der Waals surface area (Å²) in [6.45, 7) is 6.27. The van der Waals surface area contributed by atoms with Gasteiger partial charge in [0, 0.05) is 42.7 Å². The average molecular weight is 466 g/mol. The zero-order chi connectivity index (χ0) is 22.6. The van der Waals surface area contributed by atoms with Gasteiger partial charge in [-0.05, 0) is 51.1 Å². The van der Waals surface area contributed by atoms with E-state index in [1.807, 2.05) is 22.9 Å². The third-order valence-corrected chi connectivity index (χ3v) is 8.12. The van der Waals surface area contributed by atoms with Gasteiger partial charge in [-0.1, -0.05) is 11.8 Å². The highest BCUT2D eigenvalue weighted by Gasteiger charge is 2.33. The van der Waals surface area contributed by atoms with Crippen LogP contribution < -0.4 is 21.2 Å². The largest absolute Gasteiger partial charge is 0.480 e. The van der Waals surface area contributed by atoms with Crippen molar-refractivity contribution in [2.24, 2.45) is 0 Å². The highest BCUT2D eigenvalue weighted by atomic mass is 32.2. The van der Waals surface area contributed by atoms with Gasteiger partial charge in [-0.25, -0.2) is 0 Å². The molecule has 33 heavy (non-hydrogen) atoms. The molecule has 172 valence electrons. The lowest BCUT2D eigenvalue weighted by molar-refractivity contribution is 0.128. The summed E-state index contributed by atoms with van der Waals surface area (Å²) in [4.78, 5) is 33.2. The molecule has 0 aliphatic carbocycles. The maximum Gasteiger partial charge on any atom is 0.252 e. The fourth-order valence-electron chi connectivity index (χ4n) is 5.24. The van der Waals surface area contributed by atoms with E-state index in [-0.39, 0.29) is 22.7 Å². The molecule has 6 heterocycles. The highest BCUT2D eigenvalue weighted by Crippen LogP contribution is 2.35. The lowest BCUT2D eigenvalue weighted by atomic mass is 9.89. The number of piperidine rings is 1. The molecule has 0 bridgehead atoms. The number of nitrogens with one attached hydrogen (secondary N) is 1. The molecule has 3 aromatic heterocycles. The van der Waals surface area contributed by atoms with Gasteiger partial charge in [0.25, 0.3) is 11.1 Å². The lowest BCUT2D eigenvalue weighted by Gasteiger charge is -2.41. The predicted molar refractivity (Wildman–Crippen MR) is 128 cm³/mol. The van der Waals surface area contributed by atoms with E-state index in [9.17, 15) is 9.59 Å². The molecular weight excluding hydrogens is 438 g/mol. The predicted octanol–water partition coefficient (Wildman–Crippen LogP) is 2.20. The van der Waals surface area contributed by atoms with Crippen LogP contribution in [0.1, 0.15) is 31.5 Å². The number of nitrogens with zero attached hydrogens (tertiary/aromatic N) is 4. The summed E-state index contributed by atoms with van der Waals surface area (Å²) in [6, 6.07) is 8.95. The van der Waals surface area contributed by atoms with E-state index in [4.69, 9.17) is 4.74 Å². The molecule has 1 N–H and O–H groups in total. The molecule has 8 nitrogen and oxygen atoms in total. The first kappa shape index (κ1) is 20.9. The molecule has 3 aliphatic heterocycles. The highest BCUT2D eigenvalue weighted by molar-refractivity contribution is 7.99. The van der Waals surface area contributed by atoms with Gasteiger partial charge >= 0.3 is 0 Å². The van der Waals surface area contributed by atoms with Gasteiger partial charge in [-0.15, -0.1) is 0 Å². The number of ether oxygens (including phenoxy) is 1. The molecule has 1 saturated heterocycles. The summed E-state index contributed by atoms with van der Waals surface area (Å²) in [5.41, 5.74) is 1.78. The Hall–Kier alpha value is -2.62. The Bertz CT molecular complexity index is 1340. The standard InChI is InChI=1S/C24H27N5O3S/c1-24(26-11-17-10-20-19(12-25-17)32-15-33-20)6-8-27(9-7-24)13-18-14-28-21(30)4-2-16-3-5-22(31)29(18)23(16)28/h2-5,10,12,18,26H,6-9,11,13-15H2,1H3/t18-/m1/s1. The van der Waals surface area contributed by atoms with Crippen LogP contribution in [0.2, 0.25) is 0 Å². The number of aromatic nitrogens is 3. The van der Waals surface area contributed by atoms with Crippen LogP contribution >= 0.6 is 11.8 Å². The van der Waals surface area contributed by atoms with Crippen molar-refractivity contribution in [2.45, 2.75) is 49.3 Å². The Morgan fingerprint density at radius 1 is 1.18 bits per heavy atom. The van der Waals surface area contributed by atoms with E-state index in [2.05, 4.69) is 28.2 Å². The number of rotatable bonds is 5. The summed E-state index contributed by atoms with van der Waals surface area (Å²) >= 11 is 1.71. The minimum atomic E-state index is -0.0371. The van der Waals surface area contributed by atoms with Crippen molar-refractivity contribution in [3.63, 3.8) is 0 Å². The number of hydrogen-bond donors (Lipinski definition) is 1. The molecule has 0 unspecified atom stereocenters. The van der Waals surface area contributed by atoms with Crippen molar-refractivity contribution in [1.29, 1.82) is 0 Å². The minimum Gasteiger partial charge on any atom is -0.480 e. The average Bonchev–Trinajstić information content (AvgIpc) is 3.44. The molecular formula is C24H27N5O3S. The monoisotopic (exact) mass is 465 g/mol. The second kappa shape index (κ2) is 8.00. The van der Waals surface area contributed by atoms with Gasteiger partial charge in [-0.2, -0.15) is 0 Å². The van der Waals surface area contributed by atoms with Crippen molar-refractivity contribution in [2.75, 3.05) is 25.6 Å². The summed E-state index contributed by atoms with van der Waals surface area (Å²) < 4.78 is 9.10. The van der Waals surface area contributed by atoms with Gasteiger partial charge in [0.05, 0.1) is 22.8 Å². The molecule has 3 aromatic rings. The first-order valence-electron chi connectivity index (χ1n) is 11.5. The van der Waals surface area contributed by atoms with E-state index >= 15 is 0 Å². The quantitative estimate of drug-likeness (QED) is 0.619. The van der Waals surface area contributed by atoms with Crippen LogP contribution in [-0.2, 0) is 13.1 Å². The molecule has 0 spiro atoms. The Labute approximate surface area is 195 Å². The lowest BCUT2D eigenvalue weighted by Crippen LogP contribution is -2.52. The normalized spacial score (nSPS) is 21.3. The first-order valence-corrected chi connectivity index (χ1v) is 12.4. The molecule has 1 fully saturated rings. The van der Waals surface area contributed by atoms with Crippen molar-refractivity contribution in [1.82, 2.24) is 24.3 Å². The maximum absolute atomic E-state index is 12.7. The number of hydrogen-bond acceptors (Lipinski definition) is 7. The number of pyridine rings is 3. The second-order valence-electron chi connectivity index (χ2n) is 9.50. The van der Waals surface area contributed by atoms with E-state index in [1.165, 1.54) is 4.90 Å². The molecule has 1 atom stereocenters. The Kier molecular flexibility index (Phi) is 5.08. The van der Waals surface area contributed by atoms with Crippen molar-refractivity contribution < 1.29 is 4.74 Å². The topological polar surface area (TPSA) is 81.4 Å². The number of fused-ring (bicyclic) bond motifs is 1. The van der Waals surface area contributed by atoms with Crippen LogP contribution in [0.15, 0.2) is 51.0 Å². The van der Waals surface area contributed by atoms with Gasteiger partial charge < -0.3 is 15.0 Å². The number of thioether (sulfide) groups is 1. The molecule has 0 saturated carbocycles. The van der Waals surface area contributed by atoms with E-state index in [1.54, 1.807) is 28.5 Å². The molecule has 9 heteroatoms. The molecule has 3 aliphatic rings. The Morgan fingerprint density at radius 2 is 1.97 bits per heavy atom. The zero-order valence-electron chi connectivity index (χ0n) is 18.6. The summed E-state index contributed by atoms with van der Waals surface area (Å²) in [7, 11) is 0. The third kappa shape index (κ3) is 3.78. The Balaban J connectivity index is 1.10. The van der Waals surface area contributed by atoms with Crippen molar-refractivity contribution >= 4 is 22.8 Å². The van der Waals surface area contributed by atoms with Gasteiger partial charge in [-0.3, -0.25) is 23.7 Å². The number of likely N-dealkylation sites (tertiary alicyclic amines) is 1. The van der Waals surface area contributed by atoms with Crippen LogP contribution in [0.5, 0.6) is 5.75 Å². The molecule has 6 rings (SSSR count). The van der Waals surface area contributed by atoms with Crippen LogP contribution in [0.25, 0.3) is 11.0 Å². The Morgan fingerprint density at radius 3 is 2.79 bits per heavy atom. The van der Waals surface area contributed by atoms with E-state index in [0.717, 1.165) is 61.5 Å². The zero-order valence-corrected chi connectivity index (χ0v) is 19.4. The van der Waals surface area contributed by atoms with Crippen LogP contribution in [0.4, 0.5) is 0 Å². The van der Waals surface area contributed by atoms with E-state index < -0.39 is 0 Å². The fraction of sp³-hybridized carbons (Fsp3) is 0.458. The van der Waals surface area contributed by atoms with Crippen LogP contribution in [0.3, 0.4) is 0 Å². The minimum absolute atomic E-state index is 0.0102. The third-order valence-electron chi connectivity index (χ3n) is 7.26. The van der Waals surface area contributed by atoms with Crippen LogP contribution in [-0.4, -0.2) is 50.1 Å². The van der Waals surface area contributed by atoms with Gasteiger partial charge in [0.2, 0.25) is 0 Å². The van der Waals surface area contributed by atoms with E-state index in [0.29, 0.717) is 12.5 Å². The maximum atomic E-state index is 12.7. The van der Waals surface area contributed by atoms with Gasteiger partial charge in [0.1, 0.15) is 11.6 Å². The summed E-state index contributed by atoms with van der Waals surface area (Å²) in [5, 5.41) is 4.67. The second-order valence-corrected chi connectivity index (χ2v) is 10.5. The summed E-state index contributed by atoms with van der Waals surface area (Å²) in [6.07, 6.45) is 3.87. The van der Waals surface area contributed by atoms with Crippen molar-refractivity contribution in [3.05, 3.63) is 62.9 Å². The first-order chi connectivity index (χ1) is 16.0. The SMILES string of the molecule is CC1(NCc2cc3c(cn2)OCS3)CCN(C[C@@H]2Cn3c(=O)ccc4ccc(=O)n2c43)CC1. The molecule has 0 aromatic carbocycles. The smallest absolute Gasteiger partial charge is 0.252 e. The molecule has 0 radical (unpaired) electrons. The van der Waals surface area contributed by atoms with Crippen LogP contribution in [0, 0.1) is 0 Å². The van der Waals surface area contributed by atoms with Crippen molar-refractivity contribution in [3.8, 4) is 5.75 Å². The summed E-state index contributed by atoms with van der Waals surface area (Å²) in [5.74, 6) is 1.55. The van der Waals surface area contributed by atoms with Gasteiger partial charge in [0.15, 0.2) is 5.75 Å². The fourth-order valence-corrected chi connectivity index (χ4v) is 6.03. The molecule has 0 amide bonds.